The number of rotatable bonds is 24. The third kappa shape index (κ3) is 13.0. The molecule has 0 spiro atoms. The van der Waals surface area contributed by atoms with E-state index in [4.69, 9.17) is 0 Å². The highest BCUT2D eigenvalue weighted by atomic mass is 15.1. The van der Waals surface area contributed by atoms with E-state index in [0.717, 1.165) is 6.42 Å². The standard InChI is InChI=1S/C70H84N2/c1-3-5-7-9-11-16-24-56-30-34-59(35-31-56)61-38-48-67(49-39-61)72(66-46-36-60(37-47-66)58-26-18-13-19-27-58)69-52-42-63(43-53-69)70(54-22-15-23-55-70)62-40-50-68(51-41-62)71(64-28-20-14-21-29-64)65-44-32-57(33-45-65)25-17-12-10-8-6-4-2/h14,20-21,28-53,58H,3-13,15-19,22-27,54-55H2,1-2H3. The van der Waals surface area contributed by atoms with Crippen molar-refractivity contribution in [3.63, 3.8) is 0 Å². The zero-order chi connectivity index (χ0) is 49.2. The summed E-state index contributed by atoms with van der Waals surface area (Å²) >= 11 is 0. The van der Waals surface area contributed by atoms with Gasteiger partial charge in [-0.3, -0.25) is 0 Å². The number of benzene rings is 7. The second-order valence-electron chi connectivity index (χ2n) is 21.6. The minimum atomic E-state index is -0.0244. The first kappa shape index (κ1) is 51.1. The Morgan fingerprint density at radius 3 is 1.18 bits per heavy atom. The van der Waals surface area contributed by atoms with Gasteiger partial charge in [-0.15, -0.1) is 0 Å². The van der Waals surface area contributed by atoms with Crippen molar-refractivity contribution in [2.75, 3.05) is 9.80 Å². The summed E-state index contributed by atoms with van der Waals surface area (Å²) in [5.74, 6) is 0.685. The summed E-state index contributed by atoms with van der Waals surface area (Å²) < 4.78 is 0. The second kappa shape index (κ2) is 26.2. The van der Waals surface area contributed by atoms with E-state index in [2.05, 4.69) is 200 Å². The van der Waals surface area contributed by atoms with Gasteiger partial charge in [-0.25, -0.2) is 0 Å². The van der Waals surface area contributed by atoms with Gasteiger partial charge in [-0.1, -0.05) is 220 Å². The highest BCUT2D eigenvalue weighted by Gasteiger charge is 2.36. The molecule has 2 aliphatic carbocycles. The lowest BCUT2D eigenvalue weighted by atomic mass is 9.65. The summed E-state index contributed by atoms with van der Waals surface area (Å²) in [7, 11) is 0. The van der Waals surface area contributed by atoms with Gasteiger partial charge in [-0.05, 0) is 169 Å². The largest absolute Gasteiger partial charge is 0.311 e. The Morgan fingerprint density at radius 2 is 0.708 bits per heavy atom. The smallest absolute Gasteiger partial charge is 0.0462 e. The van der Waals surface area contributed by atoms with Gasteiger partial charge >= 0.3 is 0 Å². The summed E-state index contributed by atoms with van der Waals surface area (Å²) in [6.45, 7) is 4.59. The van der Waals surface area contributed by atoms with Crippen molar-refractivity contribution in [2.45, 2.75) is 179 Å². The Labute approximate surface area is 436 Å². The molecule has 0 bridgehead atoms. The van der Waals surface area contributed by atoms with Crippen LogP contribution in [0.15, 0.2) is 176 Å². The van der Waals surface area contributed by atoms with E-state index >= 15 is 0 Å². The van der Waals surface area contributed by atoms with Gasteiger partial charge in [0.1, 0.15) is 0 Å². The first-order chi connectivity index (χ1) is 35.6. The second-order valence-corrected chi connectivity index (χ2v) is 21.6. The van der Waals surface area contributed by atoms with E-state index in [1.54, 1.807) is 0 Å². The van der Waals surface area contributed by atoms with E-state index in [0.29, 0.717) is 5.92 Å². The SMILES string of the molecule is CCCCCCCCc1ccc(-c2ccc(N(c3ccc(C4CCCCC4)cc3)c3ccc(C4(c5ccc(N(c6ccccc6)c6ccc(CCCCCCCC)cc6)cc5)CCCCC4)cc3)cc2)cc1. The van der Waals surface area contributed by atoms with Crippen molar-refractivity contribution in [1.29, 1.82) is 0 Å². The van der Waals surface area contributed by atoms with Crippen molar-refractivity contribution in [3.8, 4) is 11.1 Å². The molecule has 7 aromatic rings. The number of para-hydroxylation sites is 1. The zero-order valence-electron chi connectivity index (χ0n) is 44.2. The molecule has 0 saturated heterocycles. The Balaban J connectivity index is 0.964. The van der Waals surface area contributed by atoms with Gasteiger partial charge in [0, 0.05) is 39.5 Å². The maximum atomic E-state index is 2.48. The minimum Gasteiger partial charge on any atom is -0.311 e. The van der Waals surface area contributed by atoms with Crippen molar-refractivity contribution in [2.24, 2.45) is 0 Å². The Hall–Kier alpha value is -5.86. The van der Waals surface area contributed by atoms with Crippen LogP contribution in [0, 0.1) is 0 Å². The number of anilines is 6. The molecule has 2 aliphatic rings. The van der Waals surface area contributed by atoms with Crippen LogP contribution in [0.5, 0.6) is 0 Å². The number of hydrogen-bond acceptors (Lipinski definition) is 2. The number of unbranched alkanes of at least 4 members (excludes halogenated alkanes) is 10. The summed E-state index contributed by atoms with van der Waals surface area (Å²) in [5, 5.41) is 0. The maximum Gasteiger partial charge on any atom is 0.0462 e. The van der Waals surface area contributed by atoms with Crippen molar-refractivity contribution in [1.82, 2.24) is 0 Å². The topological polar surface area (TPSA) is 6.48 Å². The Kier molecular flexibility index (Phi) is 18.6. The summed E-state index contributed by atoms with van der Waals surface area (Å²) in [6, 6.07) is 67.9. The molecule has 9 rings (SSSR count). The van der Waals surface area contributed by atoms with E-state index in [1.807, 2.05) is 0 Å². The molecule has 0 aromatic heterocycles. The van der Waals surface area contributed by atoms with Crippen LogP contribution in [-0.2, 0) is 18.3 Å². The highest BCUT2D eigenvalue weighted by molar-refractivity contribution is 5.79. The molecule has 0 amide bonds. The third-order valence-electron chi connectivity index (χ3n) is 16.6. The molecular formula is C70H84N2. The monoisotopic (exact) mass is 953 g/mol. The summed E-state index contributed by atoms with van der Waals surface area (Å²) in [6.07, 6.45) is 31.2. The van der Waals surface area contributed by atoms with Gasteiger partial charge in [0.2, 0.25) is 0 Å². The fourth-order valence-corrected chi connectivity index (χ4v) is 12.3. The Bertz CT molecular complexity index is 2620. The molecular weight excluding hydrogens is 869 g/mol. The van der Waals surface area contributed by atoms with Crippen LogP contribution in [0.25, 0.3) is 11.1 Å². The molecule has 2 nitrogen and oxygen atoms in total. The van der Waals surface area contributed by atoms with E-state index < -0.39 is 0 Å². The minimum absolute atomic E-state index is 0.0244. The van der Waals surface area contributed by atoms with Crippen LogP contribution >= 0.6 is 0 Å². The number of hydrogen-bond donors (Lipinski definition) is 0. The lowest BCUT2D eigenvalue weighted by molar-refractivity contribution is 0.346. The predicted octanol–water partition coefficient (Wildman–Crippen LogP) is 21.4. The van der Waals surface area contributed by atoms with E-state index in [9.17, 15) is 0 Å². The predicted molar refractivity (Wildman–Crippen MR) is 312 cm³/mol. The molecule has 2 fully saturated rings. The van der Waals surface area contributed by atoms with E-state index in [-0.39, 0.29) is 5.41 Å². The van der Waals surface area contributed by atoms with Crippen LogP contribution < -0.4 is 9.80 Å². The van der Waals surface area contributed by atoms with Gasteiger partial charge in [0.15, 0.2) is 0 Å². The van der Waals surface area contributed by atoms with E-state index in [1.165, 1.54) is 221 Å². The molecule has 7 aromatic carbocycles. The molecule has 374 valence electrons. The van der Waals surface area contributed by atoms with Gasteiger partial charge in [-0.2, -0.15) is 0 Å². The maximum absolute atomic E-state index is 2.48. The van der Waals surface area contributed by atoms with Crippen LogP contribution in [0.4, 0.5) is 34.1 Å². The van der Waals surface area contributed by atoms with Crippen LogP contribution in [0.3, 0.4) is 0 Å². The van der Waals surface area contributed by atoms with Crippen LogP contribution in [-0.4, -0.2) is 0 Å². The quantitative estimate of drug-likeness (QED) is 0.0557. The lowest BCUT2D eigenvalue weighted by Gasteiger charge is -2.39. The molecule has 0 unspecified atom stereocenters. The molecule has 0 radical (unpaired) electrons. The molecule has 0 aliphatic heterocycles. The summed E-state index contributed by atoms with van der Waals surface area (Å²) in [4.78, 5) is 4.90. The first-order valence-electron chi connectivity index (χ1n) is 28.9. The normalized spacial score (nSPS) is 14.8. The molecule has 0 heterocycles. The fraction of sp³-hybridized carbons (Fsp3) is 0.400. The third-order valence-corrected chi connectivity index (χ3v) is 16.6. The summed E-state index contributed by atoms with van der Waals surface area (Å²) in [5.41, 5.74) is 17.0. The van der Waals surface area contributed by atoms with Gasteiger partial charge in [0.25, 0.3) is 0 Å². The Morgan fingerprint density at radius 1 is 0.347 bits per heavy atom. The van der Waals surface area contributed by atoms with Crippen LogP contribution in [0.1, 0.15) is 189 Å². The van der Waals surface area contributed by atoms with Gasteiger partial charge < -0.3 is 9.80 Å². The first-order valence-corrected chi connectivity index (χ1v) is 28.9. The fourth-order valence-electron chi connectivity index (χ4n) is 12.3. The van der Waals surface area contributed by atoms with Gasteiger partial charge in [0.05, 0.1) is 0 Å². The van der Waals surface area contributed by atoms with Crippen molar-refractivity contribution < 1.29 is 0 Å². The molecule has 0 atom stereocenters. The number of aryl methyl sites for hydroxylation is 2. The average Bonchev–Trinajstić information content (AvgIpc) is 3.45. The van der Waals surface area contributed by atoms with Crippen LogP contribution in [0.2, 0.25) is 0 Å². The van der Waals surface area contributed by atoms with Crippen molar-refractivity contribution in [3.05, 3.63) is 204 Å². The number of nitrogens with zero attached hydrogens (tertiary/aromatic N) is 2. The molecule has 2 heteroatoms. The lowest BCUT2D eigenvalue weighted by Crippen LogP contribution is -2.30. The zero-order valence-corrected chi connectivity index (χ0v) is 44.2. The molecule has 0 N–H and O–H groups in total. The molecule has 72 heavy (non-hydrogen) atoms. The van der Waals surface area contributed by atoms with Crippen molar-refractivity contribution >= 4 is 34.1 Å². The molecule has 2 saturated carbocycles. The average molecular weight is 953 g/mol. The highest BCUT2D eigenvalue weighted by Crippen LogP contribution is 2.47.